The number of halogens is 2. The van der Waals surface area contributed by atoms with E-state index >= 15 is 0 Å². The summed E-state index contributed by atoms with van der Waals surface area (Å²) < 4.78 is 19.5. The molecular formula is C17H15ClFNO. The third-order valence-electron chi connectivity index (χ3n) is 2.87. The molecule has 0 radical (unpaired) electrons. The van der Waals surface area contributed by atoms with Gasteiger partial charge in [-0.2, -0.15) is 0 Å². The number of benzene rings is 2. The highest BCUT2D eigenvalue weighted by atomic mass is 35.5. The Hall–Kier alpha value is -2.02. The van der Waals surface area contributed by atoms with Gasteiger partial charge in [-0.25, -0.2) is 4.39 Å². The average molecular weight is 304 g/mol. The Balaban J connectivity index is 2.22. The number of hydrogen-bond donors (Lipinski definition) is 1. The molecule has 0 bridgehead atoms. The van der Waals surface area contributed by atoms with Crippen molar-refractivity contribution in [3.8, 4) is 17.6 Å². The van der Waals surface area contributed by atoms with Crippen LogP contribution >= 0.6 is 11.6 Å². The van der Waals surface area contributed by atoms with Gasteiger partial charge in [0.15, 0.2) is 0 Å². The van der Waals surface area contributed by atoms with E-state index in [4.69, 9.17) is 22.1 Å². The van der Waals surface area contributed by atoms with E-state index in [9.17, 15) is 4.39 Å². The second-order valence-electron chi connectivity index (χ2n) is 4.51. The predicted octanol–water partition coefficient (Wildman–Crippen LogP) is 3.68. The van der Waals surface area contributed by atoms with Crippen molar-refractivity contribution in [1.82, 2.24) is 0 Å². The summed E-state index contributed by atoms with van der Waals surface area (Å²) in [7, 11) is 0. The largest absolute Gasteiger partial charge is 0.487 e. The summed E-state index contributed by atoms with van der Waals surface area (Å²) in [5.74, 6) is 5.89. The zero-order chi connectivity index (χ0) is 15.2. The Bertz CT molecular complexity index is 704. The Morgan fingerprint density at radius 1 is 1.29 bits per heavy atom. The van der Waals surface area contributed by atoms with E-state index in [2.05, 4.69) is 11.8 Å². The van der Waals surface area contributed by atoms with Crippen LogP contribution in [-0.2, 0) is 6.61 Å². The molecule has 0 aliphatic rings. The molecule has 0 aromatic heterocycles. The van der Waals surface area contributed by atoms with Crippen LogP contribution in [0.1, 0.15) is 16.7 Å². The lowest BCUT2D eigenvalue weighted by atomic mass is 10.1. The summed E-state index contributed by atoms with van der Waals surface area (Å²) in [5.41, 5.74) is 7.60. The van der Waals surface area contributed by atoms with E-state index in [1.165, 1.54) is 6.07 Å². The molecule has 0 aliphatic heterocycles. The van der Waals surface area contributed by atoms with Crippen molar-refractivity contribution < 1.29 is 9.13 Å². The molecule has 0 saturated carbocycles. The van der Waals surface area contributed by atoms with E-state index in [0.717, 1.165) is 11.1 Å². The third-order valence-corrected chi connectivity index (χ3v) is 3.17. The highest BCUT2D eigenvalue weighted by molar-refractivity contribution is 6.30. The first-order valence-electron chi connectivity index (χ1n) is 6.47. The lowest BCUT2D eigenvalue weighted by Gasteiger charge is -2.10. The van der Waals surface area contributed by atoms with Crippen LogP contribution in [0.3, 0.4) is 0 Å². The summed E-state index contributed by atoms with van der Waals surface area (Å²) >= 11 is 5.75. The zero-order valence-electron chi connectivity index (χ0n) is 11.6. The van der Waals surface area contributed by atoms with Crippen LogP contribution in [0.15, 0.2) is 36.4 Å². The number of rotatable bonds is 3. The quantitative estimate of drug-likeness (QED) is 0.878. The molecule has 0 saturated heterocycles. The molecule has 2 aromatic carbocycles. The van der Waals surface area contributed by atoms with Crippen molar-refractivity contribution in [2.75, 3.05) is 6.54 Å². The van der Waals surface area contributed by atoms with Gasteiger partial charge in [-0.3, -0.25) is 0 Å². The molecule has 0 amide bonds. The van der Waals surface area contributed by atoms with Gasteiger partial charge in [-0.15, -0.1) is 0 Å². The highest BCUT2D eigenvalue weighted by Crippen LogP contribution is 2.23. The molecule has 2 N–H and O–H groups in total. The molecule has 0 aliphatic carbocycles. The van der Waals surface area contributed by atoms with Crippen LogP contribution in [0.2, 0.25) is 5.02 Å². The number of ether oxygens (including phenoxy) is 1. The Kier molecular flexibility index (Phi) is 5.21. The van der Waals surface area contributed by atoms with Crippen LogP contribution in [0.4, 0.5) is 4.39 Å². The summed E-state index contributed by atoms with van der Waals surface area (Å²) in [6.07, 6.45) is 0. The smallest absolute Gasteiger partial charge is 0.148 e. The lowest BCUT2D eigenvalue weighted by molar-refractivity contribution is 0.299. The molecule has 0 spiro atoms. The Morgan fingerprint density at radius 3 is 2.86 bits per heavy atom. The van der Waals surface area contributed by atoms with Crippen molar-refractivity contribution in [3.63, 3.8) is 0 Å². The average Bonchev–Trinajstić information content (AvgIpc) is 2.48. The maximum Gasteiger partial charge on any atom is 0.148 e. The molecule has 0 fully saturated rings. The second-order valence-corrected chi connectivity index (χ2v) is 4.91. The fourth-order valence-electron chi connectivity index (χ4n) is 1.83. The molecule has 108 valence electrons. The Labute approximate surface area is 128 Å². The topological polar surface area (TPSA) is 35.2 Å². The Morgan fingerprint density at radius 2 is 2.10 bits per heavy atom. The summed E-state index contributed by atoms with van der Waals surface area (Å²) in [4.78, 5) is 0. The minimum absolute atomic E-state index is 0.0863. The fraction of sp³-hybridized carbons (Fsp3) is 0.176. The third kappa shape index (κ3) is 3.98. The molecule has 0 atom stereocenters. The molecular weight excluding hydrogens is 289 g/mol. The van der Waals surface area contributed by atoms with Crippen LogP contribution < -0.4 is 10.5 Å². The standard InChI is InChI=1S/C17H15ClFNO/c1-12-7-8-16(13(10-12)5-3-9-20)21-11-14-4-2-6-15(18)17(14)19/h2,4,6-8,10H,9,11,20H2,1H3. The van der Waals surface area contributed by atoms with Crippen molar-refractivity contribution in [2.45, 2.75) is 13.5 Å². The zero-order valence-corrected chi connectivity index (χ0v) is 12.4. The molecule has 0 unspecified atom stereocenters. The highest BCUT2D eigenvalue weighted by Gasteiger charge is 2.08. The van der Waals surface area contributed by atoms with Crippen molar-refractivity contribution in [3.05, 3.63) is 63.9 Å². The van der Waals surface area contributed by atoms with Gasteiger partial charge in [0.05, 0.1) is 17.1 Å². The summed E-state index contributed by atoms with van der Waals surface area (Å²) in [6.45, 7) is 2.33. The van der Waals surface area contributed by atoms with Gasteiger partial charge in [0, 0.05) is 5.56 Å². The number of aryl methyl sites for hydroxylation is 1. The van der Waals surface area contributed by atoms with Crippen LogP contribution in [0, 0.1) is 24.6 Å². The van der Waals surface area contributed by atoms with E-state index in [1.54, 1.807) is 12.1 Å². The van der Waals surface area contributed by atoms with E-state index in [1.807, 2.05) is 25.1 Å². The lowest BCUT2D eigenvalue weighted by Crippen LogP contribution is -2.01. The molecule has 2 aromatic rings. The van der Waals surface area contributed by atoms with Crippen molar-refractivity contribution in [1.29, 1.82) is 0 Å². The minimum Gasteiger partial charge on any atom is -0.487 e. The van der Waals surface area contributed by atoms with Crippen LogP contribution in [-0.4, -0.2) is 6.54 Å². The van der Waals surface area contributed by atoms with Gasteiger partial charge in [-0.05, 0) is 30.7 Å². The SMILES string of the molecule is Cc1ccc(OCc2cccc(Cl)c2F)c(C#CCN)c1. The van der Waals surface area contributed by atoms with Gasteiger partial charge >= 0.3 is 0 Å². The van der Waals surface area contributed by atoms with Crippen molar-refractivity contribution in [2.24, 2.45) is 5.73 Å². The fourth-order valence-corrected chi connectivity index (χ4v) is 2.02. The first-order chi connectivity index (χ1) is 10.1. The van der Waals surface area contributed by atoms with Crippen LogP contribution in [0.5, 0.6) is 5.75 Å². The van der Waals surface area contributed by atoms with Gasteiger partial charge in [0.2, 0.25) is 0 Å². The number of nitrogens with two attached hydrogens (primary N) is 1. The second kappa shape index (κ2) is 7.12. The van der Waals surface area contributed by atoms with Crippen LogP contribution in [0.25, 0.3) is 0 Å². The first-order valence-corrected chi connectivity index (χ1v) is 6.85. The minimum atomic E-state index is -0.458. The number of hydrogen-bond acceptors (Lipinski definition) is 2. The maximum atomic E-state index is 13.8. The maximum absolute atomic E-state index is 13.8. The van der Waals surface area contributed by atoms with Gasteiger partial charge in [0.1, 0.15) is 18.2 Å². The van der Waals surface area contributed by atoms with E-state index < -0.39 is 5.82 Å². The van der Waals surface area contributed by atoms with E-state index in [0.29, 0.717) is 11.3 Å². The summed E-state index contributed by atoms with van der Waals surface area (Å²) in [5, 5.41) is 0.0863. The van der Waals surface area contributed by atoms with Gasteiger partial charge in [-0.1, -0.05) is 41.6 Å². The normalized spacial score (nSPS) is 9.90. The summed E-state index contributed by atoms with van der Waals surface area (Å²) in [6, 6.07) is 10.5. The first kappa shape index (κ1) is 15.4. The predicted molar refractivity (Wildman–Crippen MR) is 82.9 cm³/mol. The van der Waals surface area contributed by atoms with Gasteiger partial charge < -0.3 is 10.5 Å². The molecule has 2 rings (SSSR count). The molecule has 0 heterocycles. The van der Waals surface area contributed by atoms with E-state index in [-0.39, 0.29) is 18.2 Å². The molecule has 4 heteroatoms. The van der Waals surface area contributed by atoms with Crippen molar-refractivity contribution >= 4 is 11.6 Å². The molecule has 21 heavy (non-hydrogen) atoms. The molecule has 2 nitrogen and oxygen atoms in total. The van der Waals surface area contributed by atoms with Gasteiger partial charge in [0.25, 0.3) is 0 Å². The monoisotopic (exact) mass is 303 g/mol.